The van der Waals surface area contributed by atoms with Gasteiger partial charge in [0.25, 0.3) is 17.5 Å². The van der Waals surface area contributed by atoms with Crippen molar-refractivity contribution < 1.29 is 14.1 Å². The van der Waals surface area contributed by atoms with Crippen LogP contribution in [-0.4, -0.2) is 29.0 Å². The van der Waals surface area contributed by atoms with Crippen molar-refractivity contribution in [1.29, 1.82) is 0 Å². The maximum atomic E-state index is 13.5. The van der Waals surface area contributed by atoms with Gasteiger partial charge in [-0.05, 0) is 43.5 Å². The van der Waals surface area contributed by atoms with Crippen molar-refractivity contribution in [3.05, 3.63) is 77.0 Å². The van der Waals surface area contributed by atoms with Crippen LogP contribution in [0.3, 0.4) is 0 Å². The van der Waals surface area contributed by atoms with Gasteiger partial charge in [0.1, 0.15) is 5.69 Å². The van der Waals surface area contributed by atoms with E-state index in [9.17, 15) is 9.59 Å². The van der Waals surface area contributed by atoms with Crippen LogP contribution in [0.25, 0.3) is 22.4 Å². The molecule has 1 aliphatic carbocycles. The second kappa shape index (κ2) is 7.92. The molecule has 2 aromatic heterocycles. The molecule has 1 aliphatic rings. The number of aryl methyl sites for hydroxylation is 1. The van der Waals surface area contributed by atoms with Crippen LogP contribution in [0, 0.1) is 6.92 Å². The molecule has 0 spiro atoms. The van der Waals surface area contributed by atoms with E-state index < -0.39 is 0 Å². The lowest BCUT2D eigenvalue weighted by molar-refractivity contribution is 0.0961. The molecule has 0 radical (unpaired) electrons. The number of amides is 2. The Bertz CT molecular complexity index is 1340. The number of anilines is 1. The summed E-state index contributed by atoms with van der Waals surface area (Å²) in [7, 11) is 1.57. The Morgan fingerprint density at radius 3 is 2.53 bits per heavy atom. The van der Waals surface area contributed by atoms with Gasteiger partial charge in [0.15, 0.2) is 0 Å². The maximum absolute atomic E-state index is 13.5. The summed E-state index contributed by atoms with van der Waals surface area (Å²) in [6, 6.07) is 16.7. The highest BCUT2D eigenvalue weighted by Gasteiger charge is 2.29. The highest BCUT2D eigenvalue weighted by atomic mass is 16.5. The van der Waals surface area contributed by atoms with Crippen molar-refractivity contribution in [2.24, 2.45) is 0 Å². The van der Waals surface area contributed by atoms with Gasteiger partial charge in [0.05, 0.1) is 10.9 Å². The van der Waals surface area contributed by atoms with E-state index >= 15 is 0 Å². The fourth-order valence-corrected chi connectivity index (χ4v) is 3.76. The molecule has 0 saturated heterocycles. The molecule has 0 atom stereocenters. The molecule has 2 aromatic carbocycles. The molecule has 0 bridgehead atoms. The first-order chi connectivity index (χ1) is 15.5. The van der Waals surface area contributed by atoms with Crippen molar-refractivity contribution in [3.63, 3.8) is 0 Å². The zero-order valence-corrected chi connectivity index (χ0v) is 17.8. The normalized spacial score (nSPS) is 13.2. The van der Waals surface area contributed by atoms with E-state index in [2.05, 4.69) is 20.8 Å². The number of hydrogen-bond acceptors (Lipinski definition) is 5. The third-order valence-corrected chi connectivity index (χ3v) is 5.73. The fraction of sp³-hybridized carbons (Fsp3) is 0.200. The van der Waals surface area contributed by atoms with E-state index in [0.717, 1.165) is 29.7 Å². The van der Waals surface area contributed by atoms with Gasteiger partial charge < -0.3 is 15.2 Å². The molecule has 2 heterocycles. The van der Waals surface area contributed by atoms with Gasteiger partial charge in [-0.2, -0.15) is 0 Å². The van der Waals surface area contributed by atoms with Gasteiger partial charge in [0.2, 0.25) is 0 Å². The molecule has 1 fully saturated rings. The zero-order chi connectivity index (χ0) is 22.2. The number of rotatable bonds is 5. The van der Waals surface area contributed by atoms with Gasteiger partial charge in [-0.15, -0.1) is 0 Å². The predicted molar refractivity (Wildman–Crippen MR) is 122 cm³/mol. The Labute approximate surface area is 184 Å². The zero-order valence-electron chi connectivity index (χ0n) is 17.8. The van der Waals surface area contributed by atoms with Gasteiger partial charge >= 0.3 is 0 Å². The molecule has 5 rings (SSSR count). The third-order valence-electron chi connectivity index (χ3n) is 5.73. The number of aromatic nitrogens is 2. The van der Waals surface area contributed by atoms with Crippen molar-refractivity contribution in [1.82, 2.24) is 15.5 Å². The van der Waals surface area contributed by atoms with Crippen molar-refractivity contribution in [2.45, 2.75) is 25.7 Å². The summed E-state index contributed by atoms with van der Waals surface area (Å²) in [5.41, 5.74) is 4.99. The van der Waals surface area contributed by atoms with Crippen molar-refractivity contribution in [3.8, 4) is 11.3 Å². The molecular weight excluding hydrogens is 404 g/mol. The van der Waals surface area contributed by atoms with Gasteiger partial charge in [-0.25, -0.2) is 4.98 Å². The Morgan fingerprint density at radius 2 is 1.81 bits per heavy atom. The van der Waals surface area contributed by atoms with Crippen molar-refractivity contribution >= 4 is 28.6 Å². The summed E-state index contributed by atoms with van der Waals surface area (Å²) < 4.78 is 5.56. The number of fused-ring (bicyclic) bond motifs is 1. The lowest BCUT2D eigenvalue weighted by Crippen LogP contribution is -2.19. The first kappa shape index (κ1) is 19.9. The van der Waals surface area contributed by atoms with E-state index in [-0.39, 0.29) is 11.8 Å². The molecule has 2 amide bonds. The van der Waals surface area contributed by atoms with Crippen molar-refractivity contribution in [2.75, 3.05) is 12.4 Å². The van der Waals surface area contributed by atoms with E-state index in [0.29, 0.717) is 39.5 Å². The molecular formula is C25H22N4O3. The molecule has 160 valence electrons. The topological polar surface area (TPSA) is 97.1 Å². The van der Waals surface area contributed by atoms with Crippen LogP contribution in [0.2, 0.25) is 0 Å². The molecule has 32 heavy (non-hydrogen) atoms. The van der Waals surface area contributed by atoms with Crippen LogP contribution in [0.1, 0.15) is 50.7 Å². The van der Waals surface area contributed by atoms with Gasteiger partial charge in [0, 0.05) is 35.5 Å². The quantitative estimate of drug-likeness (QED) is 0.483. The standard InChI is InChI=1S/C25H22N4O3/c1-14-8-9-17(23(30)26-2)12-19(14)27-24(31)18-13-20(15-10-11-15)28-25-21(18)22(29-32-25)16-6-4-3-5-7-16/h3-9,12-13,15H,10-11H2,1-2H3,(H,26,30)(H,27,31). The number of hydrogen-bond donors (Lipinski definition) is 2. The van der Waals surface area contributed by atoms with Gasteiger partial charge in [-0.3, -0.25) is 9.59 Å². The third kappa shape index (κ3) is 3.62. The fourth-order valence-electron chi connectivity index (χ4n) is 3.76. The Kier molecular flexibility index (Phi) is 4.93. The van der Waals surface area contributed by atoms with Crippen LogP contribution < -0.4 is 10.6 Å². The molecule has 4 aromatic rings. The SMILES string of the molecule is CNC(=O)c1ccc(C)c(NC(=O)c2cc(C3CC3)nc3onc(-c4ccccc4)c23)c1. The molecule has 7 nitrogen and oxygen atoms in total. The lowest BCUT2D eigenvalue weighted by atomic mass is 10.0. The summed E-state index contributed by atoms with van der Waals surface area (Å²) in [5, 5.41) is 10.4. The molecule has 0 unspecified atom stereocenters. The summed E-state index contributed by atoms with van der Waals surface area (Å²) in [4.78, 5) is 30.2. The number of benzene rings is 2. The molecule has 1 saturated carbocycles. The first-order valence-electron chi connectivity index (χ1n) is 10.5. The average molecular weight is 426 g/mol. The Hall–Kier alpha value is -4.00. The smallest absolute Gasteiger partial charge is 0.259 e. The second-order valence-corrected chi connectivity index (χ2v) is 8.01. The van der Waals surface area contributed by atoms with Gasteiger partial charge in [-0.1, -0.05) is 41.6 Å². The van der Waals surface area contributed by atoms with Crippen LogP contribution in [0.15, 0.2) is 59.1 Å². The van der Waals surface area contributed by atoms with Crippen LogP contribution in [0.5, 0.6) is 0 Å². The number of pyridine rings is 1. The summed E-state index contributed by atoms with van der Waals surface area (Å²) in [6.07, 6.45) is 2.10. The first-order valence-corrected chi connectivity index (χ1v) is 10.5. The highest BCUT2D eigenvalue weighted by Crippen LogP contribution is 2.41. The Morgan fingerprint density at radius 1 is 1.03 bits per heavy atom. The maximum Gasteiger partial charge on any atom is 0.259 e. The number of nitrogens with zero attached hydrogens (tertiary/aromatic N) is 2. The average Bonchev–Trinajstić information content (AvgIpc) is 3.59. The van der Waals surface area contributed by atoms with E-state index in [1.165, 1.54) is 0 Å². The second-order valence-electron chi connectivity index (χ2n) is 8.01. The van der Waals surface area contributed by atoms with Crippen LogP contribution >= 0.6 is 0 Å². The Balaban J connectivity index is 1.60. The summed E-state index contributed by atoms with van der Waals surface area (Å²) >= 11 is 0. The van der Waals surface area contributed by atoms with E-state index in [1.54, 1.807) is 19.2 Å². The number of nitrogens with one attached hydrogen (secondary N) is 2. The highest BCUT2D eigenvalue weighted by molar-refractivity contribution is 6.15. The lowest BCUT2D eigenvalue weighted by Gasteiger charge is -2.12. The van der Waals surface area contributed by atoms with Crippen LogP contribution in [0.4, 0.5) is 5.69 Å². The molecule has 7 heteroatoms. The number of carbonyl (C=O) groups is 2. The summed E-state index contributed by atoms with van der Waals surface area (Å²) in [5.74, 6) is -0.167. The minimum absolute atomic E-state index is 0.215. The summed E-state index contributed by atoms with van der Waals surface area (Å²) in [6.45, 7) is 1.88. The molecule has 0 aliphatic heterocycles. The van der Waals surface area contributed by atoms with E-state index in [4.69, 9.17) is 4.52 Å². The minimum Gasteiger partial charge on any atom is -0.355 e. The monoisotopic (exact) mass is 426 g/mol. The van der Waals surface area contributed by atoms with E-state index in [1.807, 2.05) is 49.4 Å². The largest absolute Gasteiger partial charge is 0.355 e. The predicted octanol–water partition coefficient (Wildman–Crippen LogP) is 4.69. The minimum atomic E-state index is -0.295. The van der Waals surface area contributed by atoms with Crippen LogP contribution in [-0.2, 0) is 0 Å². The number of carbonyl (C=O) groups excluding carboxylic acids is 2. The molecule has 2 N–H and O–H groups in total.